The van der Waals surface area contributed by atoms with Gasteiger partial charge in [-0.05, 0) is 55.2 Å². The summed E-state index contributed by atoms with van der Waals surface area (Å²) in [5, 5.41) is 6.20. The minimum atomic E-state index is -0.214. The van der Waals surface area contributed by atoms with Crippen molar-refractivity contribution in [1.29, 1.82) is 0 Å². The highest BCUT2D eigenvalue weighted by molar-refractivity contribution is 5.88. The summed E-state index contributed by atoms with van der Waals surface area (Å²) in [5.41, 5.74) is 4.15. The third-order valence-corrected chi connectivity index (χ3v) is 7.30. The average molecular weight is 464 g/mol. The van der Waals surface area contributed by atoms with E-state index in [1.54, 1.807) is 6.07 Å². The number of halogens is 1. The molecule has 178 valence electrons. The van der Waals surface area contributed by atoms with E-state index in [1.165, 1.54) is 0 Å². The fraction of sp³-hybridized carbons (Fsp3) is 0.462. The Morgan fingerprint density at radius 2 is 1.97 bits per heavy atom. The van der Waals surface area contributed by atoms with Crippen LogP contribution in [-0.4, -0.2) is 54.3 Å². The number of ether oxygens (including phenoxy) is 1. The number of aromatic nitrogens is 2. The maximum atomic E-state index is 15.2. The molecule has 2 N–H and O–H groups in total. The van der Waals surface area contributed by atoms with Crippen LogP contribution in [0.1, 0.15) is 32.2 Å². The lowest BCUT2D eigenvalue weighted by Gasteiger charge is -2.29. The van der Waals surface area contributed by atoms with Gasteiger partial charge in [-0.3, -0.25) is 4.79 Å². The molecule has 1 aromatic heterocycles. The van der Waals surface area contributed by atoms with Gasteiger partial charge in [0, 0.05) is 51.1 Å². The van der Waals surface area contributed by atoms with E-state index >= 15 is 4.39 Å². The Hall–Kier alpha value is -3.13. The molecular formula is C26H30FN5O2. The predicted octanol–water partition coefficient (Wildman–Crippen LogP) is 3.49. The summed E-state index contributed by atoms with van der Waals surface area (Å²) < 4.78 is 23.8. The minimum Gasteiger partial charge on any atom is -0.488 e. The number of piperazine rings is 1. The molecule has 0 radical (unpaired) electrons. The number of amides is 1. The van der Waals surface area contributed by atoms with Crippen LogP contribution in [0.25, 0.3) is 22.2 Å². The molecule has 0 bridgehead atoms. The molecule has 0 spiro atoms. The maximum Gasteiger partial charge on any atom is 0.220 e. The number of carbonyl (C=O) groups excluding carboxylic acids is 1. The third kappa shape index (κ3) is 4.00. The van der Waals surface area contributed by atoms with Crippen LogP contribution >= 0.6 is 0 Å². The highest BCUT2D eigenvalue weighted by Gasteiger charge is 2.30. The number of benzene rings is 2. The Labute approximate surface area is 198 Å². The van der Waals surface area contributed by atoms with Crippen LogP contribution in [-0.2, 0) is 4.79 Å². The van der Waals surface area contributed by atoms with Crippen LogP contribution in [0.5, 0.6) is 5.75 Å². The fourth-order valence-corrected chi connectivity index (χ4v) is 5.12. The molecule has 3 aliphatic rings. The van der Waals surface area contributed by atoms with Crippen molar-refractivity contribution in [2.45, 2.75) is 38.3 Å². The molecule has 1 aliphatic carbocycles. The van der Waals surface area contributed by atoms with Crippen molar-refractivity contribution < 1.29 is 13.9 Å². The molecule has 2 saturated heterocycles. The lowest BCUT2D eigenvalue weighted by molar-refractivity contribution is -0.119. The number of rotatable bonds is 6. The number of hydrogen-bond acceptors (Lipinski definition) is 5. The molecule has 2 aromatic carbocycles. The third-order valence-electron chi connectivity index (χ3n) is 7.30. The molecule has 7 nitrogen and oxygen atoms in total. The minimum absolute atomic E-state index is 0.0717. The van der Waals surface area contributed by atoms with Crippen molar-refractivity contribution >= 4 is 22.6 Å². The van der Waals surface area contributed by atoms with E-state index in [0.29, 0.717) is 24.7 Å². The SMILES string of the molecule is C[C@@H](Oc1cc(-c2ccc(N3CCNCC3)c(F)c2)cc2ncn(C3CC3)c12)[C@H]1CNC(=O)C1. The molecule has 1 saturated carbocycles. The van der Waals surface area contributed by atoms with Crippen LogP contribution < -0.4 is 20.3 Å². The first-order valence-corrected chi connectivity index (χ1v) is 12.3. The molecular weight excluding hydrogens is 433 g/mol. The zero-order valence-electron chi connectivity index (χ0n) is 19.4. The van der Waals surface area contributed by atoms with Gasteiger partial charge in [0.25, 0.3) is 0 Å². The van der Waals surface area contributed by atoms with Gasteiger partial charge in [-0.1, -0.05) is 6.07 Å². The number of carbonyl (C=O) groups is 1. The van der Waals surface area contributed by atoms with E-state index in [9.17, 15) is 4.79 Å². The van der Waals surface area contributed by atoms with Gasteiger partial charge in [-0.15, -0.1) is 0 Å². The van der Waals surface area contributed by atoms with E-state index in [2.05, 4.69) is 25.1 Å². The molecule has 1 amide bonds. The highest BCUT2D eigenvalue weighted by Crippen LogP contribution is 2.42. The quantitative estimate of drug-likeness (QED) is 0.586. The maximum absolute atomic E-state index is 15.2. The molecule has 3 fully saturated rings. The number of hydrogen-bond donors (Lipinski definition) is 2. The topological polar surface area (TPSA) is 71.4 Å². The number of imidazole rings is 1. The van der Waals surface area contributed by atoms with Gasteiger partial charge in [0.05, 0.1) is 17.5 Å². The van der Waals surface area contributed by atoms with Crippen LogP contribution in [0.4, 0.5) is 10.1 Å². The second-order valence-corrected chi connectivity index (χ2v) is 9.72. The van der Waals surface area contributed by atoms with Gasteiger partial charge in [-0.2, -0.15) is 0 Å². The average Bonchev–Trinajstić information content (AvgIpc) is 3.44. The molecule has 8 heteroatoms. The van der Waals surface area contributed by atoms with Gasteiger partial charge in [-0.25, -0.2) is 9.37 Å². The standard InChI is InChI=1S/C26H30FN5O2/c1-16(19-13-25(33)29-14-19)34-24-12-18(11-22-26(24)32(15-30-22)20-3-4-20)17-2-5-23(21(27)10-17)31-8-6-28-7-9-31/h2,5,10-12,15-16,19-20,28H,3-4,6-9,13-14H2,1H3,(H,29,33)/t16-,19-/m1/s1. The van der Waals surface area contributed by atoms with E-state index in [0.717, 1.165) is 66.9 Å². The molecule has 3 aromatic rings. The lowest BCUT2D eigenvalue weighted by Crippen LogP contribution is -2.43. The largest absolute Gasteiger partial charge is 0.488 e. The summed E-state index contributed by atoms with van der Waals surface area (Å²) in [7, 11) is 0. The van der Waals surface area contributed by atoms with E-state index in [-0.39, 0.29) is 23.7 Å². The molecule has 2 atom stereocenters. The second kappa shape index (κ2) is 8.58. The molecule has 2 aliphatic heterocycles. The number of anilines is 1. The Kier molecular flexibility index (Phi) is 5.40. The normalized spacial score (nSPS) is 21.6. The summed E-state index contributed by atoms with van der Waals surface area (Å²) in [6.45, 7) is 5.97. The molecule has 34 heavy (non-hydrogen) atoms. The van der Waals surface area contributed by atoms with Crippen molar-refractivity contribution in [3.05, 3.63) is 42.5 Å². The van der Waals surface area contributed by atoms with Crippen LogP contribution in [0, 0.1) is 11.7 Å². The first kappa shape index (κ1) is 21.4. The number of fused-ring (bicyclic) bond motifs is 1. The highest BCUT2D eigenvalue weighted by atomic mass is 19.1. The summed E-state index contributed by atoms with van der Waals surface area (Å²) in [6, 6.07) is 9.95. The van der Waals surface area contributed by atoms with Gasteiger partial charge < -0.3 is 24.8 Å². The summed E-state index contributed by atoms with van der Waals surface area (Å²) in [6.07, 6.45) is 4.51. The van der Waals surface area contributed by atoms with Crippen LogP contribution in [0.3, 0.4) is 0 Å². The van der Waals surface area contributed by atoms with Gasteiger partial charge >= 0.3 is 0 Å². The van der Waals surface area contributed by atoms with Crippen molar-refractivity contribution in [2.24, 2.45) is 5.92 Å². The smallest absolute Gasteiger partial charge is 0.220 e. The van der Waals surface area contributed by atoms with Crippen LogP contribution in [0.2, 0.25) is 0 Å². The monoisotopic (exact) mass is 463 g/mol. The Bertz CT molecular complexity index is 1230. The Morgan fingerprint density at radius 1 is 1.15 bits per heavy atom. The van der Waals surface area contributed by atoms with Gasteiger partial charge in [0.1, 0.15) is 23.2 Å². The van der Waals surface area contributed by atoms with Crippen molar-refractivity contribution in [1.82, 2.24) is 20.2 Å². The Morgan fingerprint density at radius 3 is 2.68 bits per heavy atom. The molecule has 3 heterocycles. The lowest BCUT2D eigenvalue weighted by atomic mass is 10.0. The number of nitrogens with one attached hydrogen (secondary N) is 2. The van der Waals surface area contributed by atoms with Crippen molar-refractivity contribution in [3.8, 4) is 16.9 Å². The van der Waals surface area contributed by atoms with Crippen LogP contribution in [0.15, 0.2) is 36.7 Å². The summed E-state index contributed by atoms with van der Waals surface area (Å²) in [5.74, 6) is 0.728. The zero-order valence-corrected chi connectivity index (χ0v) is 19.4. The number of nitrogens with zero attached hydrogens (tertiary/aromatic N) is 3. The summed E-state index contributed by atoms with van der Waals surface area (Å²) >= 11 is 0. The van der Waals surface area contributed by atoms with E-state index in [4.69, 9.17) is 4.74 Å². The van der Waals surface area contributed by atoms with Crippen molar-refractivity contribution in [3.63, 3.8) is 0 Å². The zero-order chi connectivity index (χ0) is 23.2. The first-order valence-electron chi connectivity index (χ1n) is 12.3. The van der Waals surface area contributed by atoms with Gasteiger partial charge in [0.15, 0.2) is 0 Å². The van der Waals surface area contributed by atoms with Crippen molar-refractivity contribution in [2.75, 3.05) is 37.6 Å². The summed E-state index contributed by atoms with van der Waals surface area (Å²) in [4.78, 5) is 18.5. The predicted molar refractivity (Wildman–Crippen MR) is 130 cm³/mol. The second-order valence-electron chi connectivity index (χ2n) is 9.72. The first-order chi connectivity index (χ1) is 16.6. The molecule has 0 unspecified atom stereocenters. The molecule has 6 rings (SSSR count). The van der Waals surface area contributed by atoms with Gasteiger partial charge in [0.2, 0.25) is 5.91 Å². The van der Waals surface area contributed by atoms with E-state index < -0.39 is 0 Å². The fourth-order valence-electron chi connectivity index (χ4n) is 5.12. The Balaban J connectivity index is 1.36. The van der Waals surface area contributed by atoms with E-state index in [1.807, 2.05) is 37.5 Å².